The van der Waals surface area contributed by atoms with Crippen LogP contribution >= 0.6 is 0 Å². The van der Waals surface area contributed by atoms with Gasteiger partial charge in [-0.1, -0.05) is 27.7 Å². The van der Waals surface area contributed by atoms with Crippen molar-refractivity contribution < 1.29 is 128 Å². The maximum absolute atomic E-state index is 12.1. The molecule has 0 bridgehead atoms. The lowest BCUT2D eigenvalue weighted by Crippen LogP contribution is -2.68. The molecule has 14 N–H and O–H groups in total. The Morgan fingerprint density at radius 1 is 0.457 bits per heavy atom. The Kier molecular flexibility index (Phi) is 18.4. The molecule has 26 nitrogen and oxygen atoms in total. The monoisotopic (exact) mass is 1170 g/mol. The van der Waals surface area contributed by atoms with Crippen molar-refractivity contribution >= 4 is 0 Å². The molecule has 0 aromatic heterocycles. The summed E-state index contributed by atoms with van der Waals surface area (Å²) < 4.78 is 74.0. The van der Waals surface area contributed by atoms with Crippen LogP contribution in [0.5, 0.6) is 0 Å². The Hall–Kier alpha value is -1.04. The molecule has 0 amide bonds. The van der Waals surface area contributed by atoms with Crippen molar-refractivity contribution in [2.45, 2.75) is 251 Å². The lowest BCUT2D eigenvalue weighted by Gasteiger charge is -2.61. The molecule has 7 saturated heterocycles. The zero-order valence-corrected chi connectivity index (χ0v) is 46.4. The Labute approximate surface area is 470 Å². The van der Waals surface area contributed by atoms with Crippen molar-refractivity contribution in [2.75, 3.05) is 39.6 Å². The van der Waals surface area contributed by atoms with Gasteiger partial charge in [-0.25, -0.2) is 0 Å². The highest BCUT2D eigenvalue weighted by molar-refractivity contribution is 5.16. The molecule has 11 aliphatic rings. The number of fused-ring (bicyclic) bond motifs is 7. The van der Waals surface area contributed by atoms with Crippen LogP contribution in [0.3, 0.4) is 0 Å². The Morgan fingerprint density at radius 2 is 1.04 bits per heavy atom. The van der Waals surface area contributed by atoms with Gasteiger partial charge in [0.05, 0.1) is 51.8 Å². The van der Waals surface area contributed by atoms with E-state index in [1.54, 1.807) is 0 Å². The maximum atomic E-state index is 12.1. The minimum atomic E-state index is -2.09. The maximum Gasteiger partial charge on any atom is 0.187 e. The van der Waals surface area contributed by atoms with E-state index in [-0.39, 0.29) is 22.9 Å². The van der Waals surface area contributed by atoms with Crippen molar-refractivity contribution in [3.63, 3.8) is 0 Å². The fraction of sp³-hybridized carbons (Fsp3) is 1.00. The van der Waals surface area contributed by atoms with E-state index in [0.29, 0.717) is 48.3 Å². The second-order valence-corrected chi connectivity index (χ2v) is 26.2. The molecule has 35 atom stereocenters. The average Bonchev–Trinajstić information content (AvgIpc) is 2.08. The van der Waals surface area contributed by atoms with E-state index >= 15 is 0 Å². The van der Waals surface area contributed by atoms with Gasteiger partial charge in [-0.3, -0.25) is 0 Å². The fourth-order valence-corrected chi connectivity index (χ4v) is 17.1. The molecule has 7 aliphatic heterocycles. The molecule has 11 fully saturated rings. The molecule has 4 saturated carbocycles. The van der Waals surface area contributed by atoms with Crippen molar-refractivity contribution in [2.24, 2.45) is 52.3 Å². The van der Waals surface area contributed by atoms with Crippen molar-refractivity contribution in [3.8, 4) is 0 Å². The molecule has 11 rings (SSSR count). The fourth-order valence-electron chi connectivity index (χ4n) is 17.1. The smallest absolute Gasteiger partial charge is 0.187 e. The standard InChI is InChI=1S/C55H90O26/c1-21-7-12-55(72-18-21)22(2)34-30(81-55)14-27-25-6-5-23-13-24(8-10-53(23,3)26(25)9-11-54(27,34)4)73-52-47(80-49-42(68)40(66)37(63)31(15-56)74-49)45(39(65)33(17-58)76-52)78-50-43(69)44(38(64)32(16-57)75-50)77-51-46(36(62)29(60)20-71-51)79-48-41(67)35(61)28(59)19-70-48/h21-52,56-69H,5-20H2,1-4H3/t21-,22-,23+,24-,25-,26+,27+,28+,29+,30-,31-,32+,33-,34-,35-,36-,37-,38+,39-,40+,41+,42-,43+,44-,45+,46+,47-,48-,49+,50-,51-,52-,53-,54-,55-/m1/s1. The van der Waals surface area contributed by atoms with E-state index < -0.39 is 186 Å². The molecule has 7 heterocycles. The van der Waals surface area contributed by atoms with E-state index in [2.05, 4.69) is 27.7 Å². The van der Waals surface area contributed by atoms with Crippen LogP contribution < -0.4 is 0 Å². The molecule has 4 aliphatic carbocycles. The van der Waals surface area contributed by atoms with Crippen LogP contribution in [0.15, 0.2) is 0 Å². The number of aliphatic hydroxyl groups excluding tert-OH is 14. The third-order valence-corrected chi connectivity index (χ3v) is 21.7. The van der Waals surface area contributed by atoms with Crippen LogP contribution in [0.4, 0.5) is 0 Å². The molecule has 0 unspecified atom stereocenters. The first kappa shape index (κ1) is 61.6. The first-order valence-electron chi connectivity index (χ1n) is 29.7. The second-order valence-electron chi connectivity index (χ2n) is 26.2. The Morgan fingerprint density at radius 3 is 1.72 bits per heavy atom. The number of rotatable bonds is 13. The summed E-state index contributed by atoms with van der Waals surface area (Å²) in [5.41, 5.74) is 0.123. The second kappa shape index (κ2) is 24.2. The molecular formula is C55H90O26. The Bertz CT molecular complexity index is 2090. The zero-order chi connectivity index (χ0) is 57.8. The summed E-state index contributed by atoms with van der Waals surface area (Å²) in [6.07, 6.45) is -31.4. The van der Waals surface area contributed by atoms with Gasteiger partial charge in [-0.05, 0) is 104 Å². The first-order valence-corrected chi connectivity index (χ1v) is 29.7. The third kappa shape index (κ3) is 10.9. The number of hydrogen-bond acceptors (Lipinski definition) is 26. The van der Waals surface area contributed by atoms with Gasteiger partial charge in [0.1, 0.15) is 110 Å². The summed E-state index contributed by atoms with van der Waals surface area (Å²) in [5.74, 6) is 2.55. The van der Waals surface area contributed by atoms with E-state index in [0.717, 1.165) is 58.0 Å². The zero-order valence-electron chi connectivity index (χ0n) is 46.4. The number of ether oxygens (including phenoxy) is 12. The first-order chi connectivity index (χ1) is 38.6. The van der Waals surface area contributed by atoms with Gasteiger partial charge < -0.3 is 128 Å². The topological polar surface area (TPSA) is 394 Å². The minimum absolute atomic E-state index is 0.0161. The predicted molar refractivity (Wildman–Crippen MR) is 269 cm³/mol. The molecule has 81 heavy (non-hydrogen) atoms. The van der Waals surface area contributed by atoms with E-state index in [1.807, 2.05) is 0 Å². The van der Waals surface area contributed by atoms with Gasteiger partial charge in [-0.15, -0.1) is 0 Å². The quantitative estimate of drug-likeness (QED) is 0.0786. The van der Waals surface area contributed by atoms with Crippen molar-refractivity contribution in [3.05, 3.63) is 0 Å². The molecule has 0 radical (unpaired) electrons. The van der Waals surface area contributed by atoms with Crippen LogP contribution in [0.1, 0.15) is 91.9 Å². The van der Waals surface area contributed by atoms with Crippen LogP contribution in [-0.2, 0) is 56.8 Å². The summed E-state index contributed by atoms with van der Waals surface area (Å²) in [6, 6.07) is 0. The Balaban J connectivity index is 0.820. The highest BCUT2D eigenvalue weighted by Crippen LogP contribution is 2.71. The SMILES string of the molecule is C[C@@H]1CC[C@@]2(OC1)O[C@@H]1C[C@H]3[C@@H]4CC[C@H]5C[C@H](O[C@@H]6O[C@H](CO)[C@@H](O)[C@H](O[C@H]7O[C@@H](CO)[C@H](O)[C@@H](O[C@H]8OC[C@H](O)[C@@H](O)[C@@H]8O[C@H]8OC[C@H](O)[C@@H](O)[C@@H]8O)[C@@H]7O)[C@H]6O[C@@H]6O[C@H](CO)[C@@H](O)[C@H](O)[C@H]6O)CC[C@@]5(C)[C@H]4CC[C@@]3(C)[C@@H]1[C@H]2C. The van der Waals surface area contributed by atoms with Gasteiger partial charge in [0.2, 0.25) is 0 Å². The predicted octanol–water partition coefficient (Wildman–Crippen LogP) is -3.81. The van der Waals surface area contributed by atoms with Crippen molar-refractivity contribution in [1.29, 1.82) is 0 Å². The normalized spacial score (nSPS) is 57.6. The largest absolute Gasteiger partial charge is 0.394 e. The average molecular weight is 1170 g/mol. The summed E-state index contributed by atoms with van der Waals surface area (Å²) in [5, 5.41) is 152. The van der Waals surface area contributed by atoms with Crippen LogP contribution in [0.2, 0.25) is 0 Å². The summed E-state index contributed by atoms with van der Waals surface area (Å²) in [4.78, 5) is 0. The van der Waals surface area contributed by atoms with Gasteiger partial charge in [0, 0.05) is 12.3 Å². The molecule has 466 valence electrons. The van der Waals surface area contributed by atoms with E-state index in [1.165, 1.54) is 0 Å². The van der Waals surface area contributed by atoms with Gasteiger partial charge in [0.25, 0.3) is 0 Å². The highest BCUT2D eigenvalue weighted by atomic mass is 16.8. The van der Waals surface area contributed by atoms with Gasteiger partial charge in [0.15, 0.2) is 37.2 Å². The summed E-state index contributed by atoms with van der Waals surface area (Å²) in [6.45, 7) is 6.68. The van der Waals surface area contributed by atoms with Crippen LogP contribution in [0.25, 0.3) is 0 Å². The minimum Gasteiger partial charge on any atom is -0.394 e. The molecular weight excluding hydrogens is 1080 g/mol. The highest BCUT2D eigenvalue weighted by Gasteiger charge is 2.69. The van der Waals surface area contributed by atoms with E-state index in [9.17, 15) is 71.5 Å². The molecule has 26 heteroatoms. The lowest BCUT2D eigenvalue weighted by atomic mass is 9.44. The third-order valence-electron chi connectivity index (χ3n) is 21.7. The van der Waals surface area contributed by atoms with E-state index in [4.69, 9.17) is 56.8 Å². The number of hydrogen-bond donors (Lipinski definition) is 14. The summed E-state index contributed by atoms with van der Waals surface area (Å²) in [7, 11) is 0. The molecule has 0 aromatic rings. The summed E-state index contributed by atoms with van der Waals surface area (Å²) >= 11 is 0. The van der Waals surface area contributed by atoms with Crippen LogP contribution in [-0.4, -0.2) is 270 Å². The van der Waals surface area contributed by atoms with Crippen LogP contribution in [0, 0.1) is 52.3 Å². The molecule has 0 aromatic carbocycles. The van der Waals surface area contributed by atoms with Gasteiger partial charge in [-0.2, -0.15) is 0 Å². The lowest BCUT2D eigenvalue weighted by molar-refractivity contribution is -0.403. The van der Waals surface area contributed by atoms with Gasteiger partial charge >= 0.3 is 0 Å². The van der Waals surface area contributed by atoms with Crippen molar-refractivity contribution in [1.82, 2.24) is 0 Å². The molecule has 1 spiro atoms. The number of aliphatic hydroxyl groups is 14.